The lowest BCUT2D eigenvalue weighted by Gasteiger charge is -2.01. The summed E-state index contributed by atoms with van der Waals surface area (Å²) in [5.41, 5.74) is 0. The number of carbonyl (C=O) groups is 1. The molecule has 0 aromatic carbocycles. The summed E-state index contributed by atoms with van der Waals surface area (Å²) in [6.07, 6.45) is 0.502. The fourth-order valence-electron chi connectivity index (χ4n) is 0.787. The maximum absolute atomic E-state index is 10.8. The first kappa shape index (κ1) is 5.09. The van der Waals surface area contributed by atoms with E-state index >= 15 is 0 Å². The molecule has 1 aliphatic rings. The van der Waals surface area contributed by atoms with E-state index in [2.05, 4.69) is 0 Å². The molecule has 9 heavy (non-hydrogen) atoms. The number of nitrogens with zero attached hydrogens (tertiary/aromatic N) is 1. The Bertz CT molecular complexity index is 140. The van der Waals surface area contributed by atoms with Crippen molar-refractivity contribution in [3.05, 3.63) is 0 Å². The van der Waals surface area contributed by atoms with Crippen LogP contribution in [0.3, 0.4) is 0 Å². The quantitative estimate of drug-likeness (QED) is 0.528. The summed E-state index contributed by atoms with van der Waals surface area (Å²) < 4.78 is 11.8. The molecular formula is C6H11NO2. The molecule has 0 N–H and O–H groups in total. The maximum atomic E-state index is 10.8. The van der Waals surface area contributed by atoms with Gasteiger partial charge in [-0.2, -0.15) is 0 Å². The van der Waals surface area contributed by atoms with Crippen molar-refractivity contribution in [3.8, 4) is 0 Å². The average Bonchev–Trinajstić information content (AvgIpc) is 2.30. The molecule has 1 rings (SSSR count). The minimum Gasteiger partial charge on any atom is -0.444 e. The van der Waals surface area contributed by atoms with E-state index in [1.165, 1.54) is 4.90 Å². The van der Waals surface area contributed by atoms with E-state index in [9.17, 15) is 4.79 Å². The number of hydrogen-bond acceptors (Lipinski definition) is 2. The fourth-order valence-corrected chi connectivity index (χ4v) is 0.787. The number of rotatable bonds is 1. The van der Waals surface area contributed by atoms with E-state index in [1.807, 2.05) is 6.92 Å². The van der Waals surface area contributed by atoms with Gasteiger partial charge in [-0.3, -0.25) is 0 Å². The molecule has 3 heteroatoms. The summed E-state index contributed by atoms with van der Waals surface area (Å²) in [7, 11) is 0.00926. The topological polar surface area (TPSA) is 29.5 Å². The van der Waals surface area contributed by atoms with Crippen LogP contribution < -0.4 is 0 Å². The molecule has 52 valence electrons. The van der Waals surface area contributed by atoms with Crippen molar-refractivity contribution in [2.45, 2.75) is 19.4 Å². The molecule has 1 amide bonds. The van der Waals surface area contributed by atoms with Gasteiger partial charge >= 0.3 is 6.09 Å². The molecule has 1 unspecified atom stereocenters. The van der Waals surface area contributed by atoms with Gasteiger partial charge in [0.1, 0.15) is 6.10 Å². The van der Waals surface area contributed by atoms with Gasteiger partial charge in [0.05, 0.1) is 6.54 Å². The molecule has 1 atom stereocenters. The van der Waals surface area contributed by atoms with Gasteiger partial charge in [0.25, 0.3) is 0 Å². The van der Waals surface area contributed by atoms with Crippen LogP contribution in [0, 0.1) is 0 Å². The Morgan fingerprint density at radius 3 is 3.22 bits per heavy atom. The third kappa shape index (κ3) is 1.15. The van der Waals surface area contributed by atoms with Crippen molar-refractivity contribution < 1.29 is 10.9 Å². The van der Waals surface area contributed by atoms with Crippen molar-refractivity contribution in [2.24, 2.45) is 0 Å². The van der Waals surface area contributed by atoms with Gasteiger partial charge in [0, 0.05) is 8.39 Å². The number of ether oxygens (including phenoxy) is 1. The van der Waals surface area contributed by atoms with Crippen molar-refractivity contribution in [1.29, 1.82) is 0 Å². The Kier molecular flexibility index (Phi) is 1.27. The van der Waals surface area contributed by atoms with Crippen LogP contribution in [0.1, 0.15) is 14.7 Å². The lowest BCUT2D eigenvalue weighted by Crippen LogP contribution is -2.18. The summed E-state index contributed by atoms with van der Waals surface area (Å²) in [5, 5.41) is 0. The number of likely N-dealkylation sites (N-methyl/N-ethyl adjacent to an activating group) is 1. The maximum Gasteiger partial charge on any atom is 0.409 e. The molecule has 3 nitrogen and oxygen atoms in total. The van der Waals surface area contributed by atoms with Crippen LogP contribution in [0.2, 0.25) is 0 Å². The van der Waals surface area contributed by atoms with Gasteiger partial charge in [0.15, 0.2) is 0 Å². The molecule has 0 aliphatic carbocycles. The van der Waals surface area contributed by atoms with Crippen LogP contribution in [0.5, 0.6) is 0 Å². The number of hydrogen-bond donors (Lipinski definition) is 0. The third-order valence-electron chi connectivity index (χ3n) is 1.41. The van der Waals surface area contributed by atoms with Crippen LogP contribution in [-0.4, -0.2) is 30.7 Å². The van der Waals surface area contributed by atoms with E-state index in [4.69, 9.17) is 6.11 Å². The third-order valence-corrected chi connectivity index (χ3v) is 1.41. The molecule has 0 aromatic rings. The lowest BCUT2D eigenvalue weighted by atomic mass is 10.3. The van der Waals surface area contributed by atoms with Crippen molar-refractivity contribution in [1.82, 2.24) is 4.90 Å². The first-order chi connectivity index (χ1) is 4.77. The number of amides is 1. The Labute approximate surface area is 56.0 Å². The van der Waals surface area contributed by atoms with Gasteiger partial charge in [0.2, 0.25) is 0 Å². The highest BCUT2D eigenvalue weighted by molar-refractivity contribution is 5.69. The van der Waals surface area contributed by atoms with Crippen LogP contribution in [0.25, 0.3) is 0 Å². The molecule has 1 saturated heterocycles. The van der Waals surface area contributed by atoms with E-state index in [0.29, 0.717) is 6.54 Å². The molecule has 0 spiro atoms. The van der Waals surface area contributed by atoms with Gasteiger partial charge in [-0.25, -0.2) is 4.79 Å². The van der Waals surface area contributed by atoms with Crippen molar-refractivity contribution >= 4 is 6.09 Å². The Balaban J connectivity index is 2.44. The molecule has 0 bridgehead atoms. The molecular weight excluding hydrogens is 118 g/mol. The SMILES string of the molecule is [3H]CN1CC(CC)OC1=O. The number of carbonyl (C=O) groups excluding carboxylic acids is 1. The minimum atomic E-state index is -0.346. The molecule has 0 saturated carbocycles. The first-order valence-electron chi connectivity index (χ1n) is 3.73. The van der Waals surface area contributed by atoms with E-state index in [-0.39, 0.29) is 19.2 Å². The van der Waals surface area contributed by atoms with Gasteiger partial charge < -0.3 is 9.64 Å². The minimum absolute atomic E-state index is 0.00926. The Morgan fingerprint density at radius 2 is 2.89 bits per heavy atom. The second kappa shape index (κ2) is 2.25. The highest BCUT2D eigenvalue weighted by Gasteiger charge is 2.25. The number of cyclic esters (lactones) is 1. The molecule has 0 radical (unpaired) electrons. The Morgan fingerprint density at radius 1 is 2.11 bits per heavy atom. The van der Waals surface area contributed by atoms with Gasteiger partial charge in [-0.15, -0.1) is 0 Å². The normalized spacial score (nSPS) is 28.1. The first-order valence-corrected chi connectivity index (χ1v) is 3.02. The van der Waals surface area contributed by atoms with Crippen molar-refractivity contribution in [2.75, 3.05) is 13.6 Å². The van der Waals surface area contributed by atoms with E-state index < -0.39 is 0 Å². The summed E-state index contributed by atoms with van der Waals surface area (Å²) >= 11 is 0. The van der Waals surface area contributed by atoms with Crippen molar-refractivity contribution in [3.63, 3.8) is 0 Å². The van der Waals surface area contributed by atoms with E-state index in [0.717, 1.165) is 6.42 Å². The second-order valence-corrected chi connectivity index (χ2v) is 2.14. The van der Waals surface area contributed by atoms with E-state index in [1.54, 1.807) is 0 Å². The van der Waals surface area contributed by atoms with Crippen LogP contribution in [-0.2, 0) is 4.74 Å². The molecule has 1 fully saturated rings. The summed E-state index contributed by atoms with van der Waals surface area (Å²) in [4.78, 5) is 12.1. The van der Waals surface area contributed by atoms with Crippen LogP contribution >= 0.6 is 0 Å². The smallest absolute Gasteiger partial charge is 0.409 e. The predicted molar refractivity (Wildman–Crippen MR) is 33.2 cm³/mol. The zero-order chi connectivity index (χ0) is 7.56. The standard InChI is InChI=1S/C6H11NO2/c1-3-5-4-7(2)6(8)9-5/h5H,3-4H2,1-2H3/i2T. The lowest BCUT2D eigenvalue weighted by molar-refractivity contribution is 0.132. The monoisotopic (exact) mass is 131 g/mol. The summed E-state index contributed by atoms with van der Waals surface area (Å²) in [5.74, 6) is 0. The zero-order valence-electron chi connectivity index (χ0n) is 6.46. The zero-order valence-corrected chi connectivity index (χ0v) is 5.46. The molecule has 0 aromatic heterocycles. The van der Waals surface area contributed by atoms with Crippen LogP contribution in [0.4, 0.5) is 4.79 Å². The fraction of sp³-hybridized carbons (Fsp3) is 0.833. The second-order valence-electron chi connectivity index (χ2n) is 2.14. The average molecular weight is 131 g/mol. The largest absolute Gasteiger partial charge is 0.444 e. The highest BCUT2D eigenvalue weighted by Crippen LogP contribution is 2.10. The van der Waals surface area contributed by atoms with Crippen LogP contribution in [0.15, 0.2) is 0 Å². The highest BCUT2D eigenvalue weighted by atomic mass is 16.6. The molecule has 1 heterocycles. The summed E-state index contributed by atoms with van der Waals surface area (Å²) in [6.45, 7) is 2.55. The molecule has 1 aliphatic heterocycles. The summed E-state index contributed by atoms with van der Waals surface area (Å²) in [6, 6.07) is 0. The predicted octanol–water partition coefficient (Wildman–Crippen LogP) is 0.847. The van der Waals surface area contributed by atoms with Gasteiger partial charge in [-0.1, -0.05) is 6.92 Å². The van der Waals surface area contributed by atoms with Gasteiger partial charge in [-0.05, 0) is 6.42 Å². The Hall–Kier alpha value is -0.730.